The van der Waals surface area contributed by atoms with E-state index in [1.165, 1.54) is 4.31 Å². The van der Waals surface area contributed by atoms with Crippen molar-refractivity contribution in [3.63, 3.8) is 0 Å². The SMILES string of the molecule is CN=C(NCc1ccc(S(=O)(=O)N(C)C(C)C)cc1)Nc1ccc(OC)c(OC)c1.I. The molecule has 0 bridgehead atoms. The average Bonchev–Trinajstić information content (AvgIpc) is 2.75. The second-order valence-corrected chi connectivity index (χ2v) is 8.88. The molecule has 8 nitrogen and oxygen atoms in total. The van der Waals surface area contributed by atoms with Crippen LogP contribution in [-0.4, -0.2) is 53.0 Å². The Labute approximate surface area is 202 Å². The summed E-state index contributed by atoms with van der Waals surface area (Å²) in [6, 6.07) is 12.2. The number of halogens is 1. The smallest absolute Gasteiger partial charge is 0.243 e. The predicted molar refractivity (Wildman–Crippen MR) is 135 cm³/mol. The number of benzene rings is 2. The molecular formula is C21H31IN4O4S. The van der Waals surface area contributed by atoms with E-state index in [1.54, 1.807) is 52.6 Å². The maximum absolute atomic E-state index is 12.6. The van der Waals surface area contributed by atoms with Crippen LogP contribution in [0.3, 0.4) is 0 Å². The third-order valence-corrected chi connectivity index (χ3v) is 6.71. The number of ether oxygens (including phenoxy) is 2. The molecule has 0 spiro atoms. The highest BCUT2D eigenvalue weighted by molar-refractivity contribution is 14.0. The van der Waals surface area contributed by atoms with Crippen molar-refractivity contribution in [2.45, 2.75) is 31.3 Å². The summed E-state index contributed by atoms with van der Waals surface area (Å²) >= 11 is 0. The van der Waals surface area contributed by atoms with Crippen molar-refractivity contribution in [3.05, 3.63) is 48.0 Å². The summed E-state index contributed by atoms with van der Waals surface area (Å²) in [5.41, 5.74) is 1.72. The lowest BCUT2D eigenvalue weighted by molar-refractivity contribution is 0.355. The van der Waals surface area contributed by atoms with Crippen molar-refractivity contribution in [1.82, 2.24) is 9.62 Å². The standard InChI is InChI=1S/C21H30N4O4S.HI/c1-15(2)25(4)30(26,27)18-10-7-16(8-11-18)14-23-21(22-3)24-17-9-12-19(28-5)20(13-17)29-6;/h7-13,15H,14H2,1-6H3,(H2,22,23,24);1H. The Kier molecular flexibility index (Phi) is 10.5. The number of hydrogen-bond donors (Lipinski definition) is 2. The van der Waals surface area contributed by atoms with Crippen molar-refractivity contribution < 1.29 is 17.9 Å². The molecule has 2 rings (SSSR count). The van der Waals surface area contributed by atoms with Gasteiger partial charge in [0, 0.05) is 38.4 Å². The minimum absolute atomic E-state index is 0. The zero-order chi connectivity index (χ0) is 22.3. The highest BCUT2D eigenvalue weighted by Gasteiger charge is 2.22. The molecule has 2 N–H and O–H groups in total. The van der Waals surface area contributed by atoms with Gasteiger partial charge < -0.3 is 20.1 Å². The molecule has 31 heavy (non-hydrogen) atoms. The number of guanidine groups is 1. The molecule has 172 valence electrons. The predicted octanol–water partition coefficient (Wildman–Crippen LogP) is 3.54. The van der Waals surface area contributed by atoms with Crippen LogP contribution in [0.2, 0.25) is 0 Å². The molecule has 0 saturated carbocycles. The van der Waals surface area contributed by atoms with Gasteiger partial charge in [-0.15, -0.1) is 24.0 Å². The monoisotopic (exact) mass is 562 g/mol. The van der Waals surface area contributed by atoms with Crippen molar-refractivity contribution >= 4 is 45.6 Å². The molecule has 0 radical (unpaired) electrons. The summed E-state index contributed by atoms with van der Waals surface area (Å²) in [4.78, 5) is 4.49. The van der Waals surface area contributed by atoms with Crippen LogP contribution in [0.25, 0.3) is 0 Å². The van der Waals surface area contributed by atoms with Gasteiger partial charge in [0.2, 0.25) is 10.0 Å². The lowest BCUT2D eigenvalue weighted by atomic mass is 10.2. The first-order valence-electron chi connectivity index (χ1n) is 9.49. The second-order valence-electron chi connectivity index (χ2n) is 6.88. The number of nitrogens with one attached hydrogen (secondary N) is 2. The van der Waals surface area contributed by atoms with Gasteiger partial charge in [-0.2, -0.15) is 4.31 Å². The van der Waals surface area contributed by atoms with Gasteiger partial charge in [-0.25, -0.2) is 8.42 Å². The first-order chi connectivity index (χ1) is 14.2. The van der Waals surface area contributed by atoms with Crippen LogP contribution in [0.5, 0.6) is 11.5 Å². The zero-order valence-electron chi connectivity index (χ0n) is 18.7. The van der Waals surface area contributed by atoms with Crippen LogP contribution in [-0.2, 0) is 16.6 Å². The number of hydrogen-bond acceptors (Lipinski definition) is 5. The van der Waals surface area contributed by atoms with Gasteiger partial charge in [0.15, 0.2) is 17.5 Å². The molecule has 10 heteroatoms. The molecular weight excluding hydrogens is 531 g/mol. The molecule has 0 fully saturated rings. The van der Waals surface area contributed by atoms with Gasteiger partial charge in [-0.3, -0.25) is 4.99 Å². The van der Waals surface area contributed by atoms with Crippen molar-refractivity contribution in [1.29, 1.82) is 0 Å². The number of anilines is 1. The van der Waals surface area contributed by atoms with E-state index in [4.69, 9.17) is 9.47 Å². The summed E-state index contributed by atoms with van der Waals surface area (Å²) in [7, 11) is 2.93. The molecule has 0 amide bonds. The topological polar surface area (TPSA) is 92.3 Å². The molecule has 0 aromatic heterocycles. The third kappa shape index (κ3) is 6.97. The largest absolute Gasteiger partial charge is 0.493 e. The average molecular weight is 562 g/mol. The summed E-state index contributed by atoms with van der Waals surface area (Å²) in [5, 5.41) is 6.40. The number of nitrogens with zero attached hydrogens (tertiary/aromatic N) is 2. The number of methoxy groups -OCH3 is 2. The second kappa shape index (κ2) is 12.1. The number of aliphatic imine (C=N–C) groups is 1. The van der Waals surface area contributed by atoms with E-state index in [0.717, 1.165) is 11.3 Å². The Morgan fingerprint density at radius 1 is 1.06 bits per heavy atom. The van der Waals surface area contributed by atoms with Crippen LogP contribution in [0, 0.1) is 0 Å². The molecule has 0 atom stereocenters. The van der Waals surface area contributed by atoms with Crippen LogP contribution in [0.4, 0.5) is 5.69 Å². The zero-order valence-corrected chi connectivity index (χ0v) is 21.8. The fourth-order valence-electron chi connectivity index (χ4n) is 2.64. The minimum atomic E-state index is -3.49. The van der Waals surface area contributed by atoms with E-state index >= 15 is 0 Å². The Bertz CT molecular complexity index is 979. The number of sulfonamides is 1. The van der Waals surface area contributed by atoms with Crippen molar-refractivity contribution in [2.24, 2.45) is 4.99 Å². The molecule has 0 heterocycles. The Morgan fingerprint density at radius 2 is 1.68 bits per heavy atom. The molecule has 0 aliphatic heterocycles. The number of rotatable bonds is 8. The van der Waals surface area contributed by atoms with Gasteiger partial charge >= 0.3 is 0 Å². The molecule has 0 aliphatic carbocycles. The molecule has 2 aromatic carbocycles. The Hall–Kier alpha value is -2.05. The van der Waals surface area contributed by atoms with Crippen molar-refractivity contribution in [3.8, 4) is 11.5 Å². The molecule has 0 saturated heterocycles. The van der Waals surface area contributed by atoms with Crippen molar-refractivity contribution in [2.75, 3.05) is 33.6 Å². The molecule has 2 aromatic rings. The maximum Gasteiger partial charge on any atom is 0.243 e. The van der Waals surface area contributed by atoms with Gasteiger partial charge in [-0.05, 0) is 43.7 Å². The minimum Gasteiger partial charge on any atom is -0.493 e. The van der Waals surface area contributed by atoms with E-state index in [-0.39, 0.29) is 34.9 Å². The van der Waals surface area contributed by atoms with E-state index in [0.29, 0.717) is 24.0 Å². The summed E-state index contributed by atoms with van der Waals surface area (Å²) < 4.78 is 37.0. The lowest BCUT2D eigenvalue weighted by Crippen LogP contribution is -2.33. The summed E-state index contributed by atoms with van der Waals surface area (Å²) in [6.07, 6.45) is 0. The molecule has 0 aliphatic rings. The van der Waals surface area contributed by atoms with Crippen LogP contribution < -0.4 is 20.1 Å². The van der Waals surface area contributed by atoms with Gasteiger partial charge in [0.25, 0.3) is 0 Å². The quantitative estimate of drug-likeness (QED) is 0.291. The summed E-state index contributed by atoms with van der Waals surface area (Å²) in [5.74, 6) is 1.82. The highest BCUT2D eigenvalue weighted by Crippen LogP contribution is 2.29. The van der Waals surface area contributed by atoms with Gasteiger partial charge in [0.1, 0.15) is 0 Å². The van der Waals surface area contributed by atoms with Crippen LogP contribution >= 0.6 is 24.0 Å². The highest BCUT2D eigenvalue weighted by atomic mass is 127. The first-order valence-corrected chi connectivity index (χ1v) is 10.9. The Balaban J connectivity index is 0.00000480. The van der Waals surface area contributed by atoms with Gasteiger partial charge in [0.05, 0.1) is 19.1 Å². The lowest BCUT2D eigenvalue weighted by Gasteiger charge is -2.21. The maximum atomic E-state index is 12.6. The Morgan fingerprint density at radius 3 is 2.19 bits per heavy atom. The van der Waals surface area contributed by atoms with E-state index < -0.39 is 10.0 Å². The normalized spacial score (nSPS) is 11.8. The van der Waals surface area contributed by atoms with Crippen LogP contribution in [0.1, 0.15) is 19.4 Å². The fraction of sp³-hybridized carbons (Fsp3) is 0.381. The summed E-state index contributed by atoms with van der Waals surface area (Å²) in [6.45, 7) is 4.16. The molecule has 0 unspecified atom stereocenters. The van der Waals surface area contributed by atoms with E-state index in [1.807, 2.05) is 32.0 Å². The van der Waals surface area contributed by atoms with E-state index in [9.17, 15) is 8.42 Å². The first kappa shape index (κ1) is 27.0. The van der Waals surface area contributed by atoms with E-state index in [2.05, 4.69) is 15.6 Å². The fourth-order valence-corrected chi connectivity index (χ4v) is 4.01. The van der Waals surface area contributed by atoms with Gasteiger partial charge in [-0.1, -0.05) is 12.1 Å². The third-order valence-electron chi connectivity index (χ3n) is 4.66. The van der Waals surface area contributed by atoms with Crippen LogP contribution in [0.15, 0.2) is 52.4 Å².